The Balaban J connectivity index is 2.16. The first-order valence-electron chi connectivity index (χ1n) is 5.30. The van der Waals surface area contributed by atoms with Gasteiger partial charge in [-0.3, -0.25) is 10.1 Å². The molecule has 0 fully saturated rings. The van der Waals surface area contributed by atoms with Gasteiger partial charge in [-0.05, 0) is 13.8 Å². The summed E-state index contributed by atoms with van der Waals surface area (Å²) < 4.78 is 4.63. The molecule has 0 aliphatic rings. The quantitative estimate of drug-likeness (QED) is 0.879. The molecule has 0 saturated carbocycles. The summed E-state index contributed by atoms with van der Waals surface area (Å²) in [4.78, 5) is 31.9. The van der Waals surface area contributed by atoms with Crippen LogP contribution in [0.25, 0.3) is 0 Å². The molecule has 0 aliphatic carbocycles. The third-order valence-electron chi connectivity index (χ3n) is 2.24. The van der Waals surface area contributed by atoms with Gasteiger partial charge in [-0.1, -0.05) is 11.3 Å². The second-order valence-electron chi connectivity index (χ2n) is 3.63. The Morgan fingerprint density at radius 3 is 2.63 bits per heavy atom. The number of hydrogen-bond acceptors (Lipinski definition) is 7. The lowest BCUT2D eigenvalue weighted by molar-refractivity contribution is 0.0605. The van der Waals surface area contributed by atoms with E-state index in [4.69, 9.17) is 0 Å². The van der Waals surface area contributed by atoms with Gasteiger partial charge >= 0.3 is 5.97 Å². The van der Waals surface area contributed by atoms with Crippen LogP contribution < -0.4 is 5.32 Å². The topological polar surface area (TPSA) is 81.2 Å². The van der Waals surface area contributed by atoms with E-state index in [1.54, 1.807) is 12.3 Å². The van der Waals surface area contributed by atoms with Gasteiger partial charge in [0.25, 0.3) is 5.91 Å². The van der Waals surface area contributed by atoms with Gasteiger partial charge in [-0.2, -0.15) is 0 Å². The van der Waals surface area contributed by atoms with Crippen molar-refractivity contribution < 1.29 is 14.3 Å². The number of ether oxygens (including phenoxy) is 1. The van der Waals surface area contributed by atoms with Crippen LogP contribution in [0.5, 0.6) is 0 Å². The number of thiazole rings is 2. The van der Waals surface area contributed by atoms with E-state index in [0.29, 0.717) is 21.4 Å². The Hall–Kier alpha value is -1.80. The highest BCUT2D eigenvalue weighted by Gasteiger charge is 2.18. The van der Waals surface area contributed by atoms with E-state index in [0.717, 1.165) is 16.3 Å². The fourth-order valence-corrected chi connectivity index (χ4v) is 2.83. The van der Waals surface area contributed by atoms with Crippen molar-refractivity contribution in [3.8, 4) is 0 Å². The molecular weight excluding hydrogens is 286 g/mol. The van der Waals surface area contributed by atoms with Crippen molar-refractivity contribution in [2.75, 3.05) is 12.4 Å². The summed E-state index contributed by atoms with van der Waals surface area (Å²) in [6, 6.07) is 0. The number of aromatic nitrogens is 2. The van der Waals surface area contributed by atoms with E-state index < -0.39 is 5.97 Å². The van der Waals surface area contributed by atoms with Gasteiger partial charge in [0.2, 0.25) is 0 Å². The average Bonchev–Trinajstić information content (AvgIpc) is 2.95. The summed E-state index contributed by atoms with van der Waals surface area (Å²) in [6.07, 6.45) is 0. The normalized spacial score (nSPS) is 10.3. The largest absolute Gasteiger partial charge is 0.465 e. The van der Waals surface area contributed by atoms with Gasteiger partial charge in [0.05, 0.1) is 17.8 Å². The first-order chi connectivity index (χ1) is 9.01. The highest BCUT2D eigenvalue weighted by molar-refractivity contribution is 7.17. The molecule has 0 atom stereocenters. The van der Waals surface area contributed by atoms with Crippen LogP contribution in [0.1, 0.15) is 30.9 Å². The number of carbonyl (C=O) groups excluding carboxylic acids is 2. The number of aryl methyl sites for hydroxylation is 2. The summed E-state index contributed by atoms with van der Waals surface area (Å²) in [5, 5.41) is 5.46. The number of amides is 1. The molecule has 2 aromatic rings. The third-order valence-corrected chi connectivity index (χ3v) is 4.07. The predicted molar refractivity (Wildman–Crippen MR) is 73.0 cm³/mol. The van der Waals surface area contributed by atoms with Crippen LogP contribution in [0.2, 0.25) is 0 Å². The summed E-state index contributed by atoms with van der Waals surface area (Å²) in [7, 11) is 1.30. The number of methoxy groups -OCH3 is 1. The summed E-state index contributed by atoms with van der Waals surface area (Å²) >= 11 is 2.48. The van der Waals surface area contributed by atoms with Crippen molar-refractivity contribution in [2.45, 2.75) is 13.8 Å². The number of nitrogens with zero attached hydrogens (tertiary/aromatic N) is 2. The Morgan fingerprint density at radius 1 is 1.32 bits per heavy atom. The van der Waals surface area contributed by atoms with Gasteiger partial charge in [0, 0.05) is 5.38 Å². The van der Waals surface area contributed by atoms with Gasteiger partial charge in [-0.25, -0.2) is 14.8 Å². The molecule has 2 heterocycles. The Labute approximate surface area is 117 Å². The van der Waals surface area contributed by atoms with Gasteiger partial charge in [-0.15, -0.1) is 11.3 Å². The molecule has 19 heavy (non-hydrogen) atoms. The van der Waals surface area contributed by atoms with Crippen LogP contribution in [0.15, 0.2) is 5.38 Å². The van der Waals surface area contributed by atoms with Crippen LogP contribution in [0.4, 0.5) is 5.13 Å². The number of nitrogens with one attached hydrogen (secondary N) is 1. The summed E-state index contributed by atoms with van der Waals surface area (Å²) in [5.74, 6) is -0.797. The van der Waals surface area contributed by atoms with Crippen LogP contribution in [0, 0.1) is 13.8 Å². The molecule has 2 rings (SSSR count). The van der Waals surface area contributed by atoms with Gasteiger partial charge < -0.3 is 4.74 Å². The minimum absolute atomic E-state index is 0.338. The molecule has 6 nitrogen and oxygen atoms in total. The second-order valence-corrected chi connectivity index (χ2v) is 5.69. The lowest BCUT2D eigenvalue weighted by atomic mass is 10.4. The van der Waals surface area contributed by atoms with Gasteiger partial charge in [0.1, 0.15) is 10.6 Å². The summed E-state index contributed by atoms with van der Waals surface area (Å²) in [5.41, 5.74) is 0.872. The molecule has 100 valence electrons. The fourth-order valence-electron chi connectivity index (χ4n) is 1.36. The summed E-state index contributed by atoms with van der Waals surface area (Å²) in [6.45, 7) is 3.51. The monoisotopic (exact) mass is 297 g/mol. The molecule has 1 amide bonds. The molecule has 0 bridgehead atoms. The van der Waals surface area contributed by atoms with Crippen LogP contribution in [-0.2, 0) is 4.74 Å². The van der Waals surface area contributed by atoms with E-state index in [2.05, 4.69) is 20.0 Å². The molecular formula is C11H11N3O3S2. The standard InChI is InChI=1S/C11H11N3O3S2/c1-5-8(10(16)17-3)19-11(12-5)14-9(15)7-4-18-6(2)13-7/h4H,1-3H3,(H,12,14,15). The maximum Gasteiger partial charge on any atom is 0.350 e. The van der Waals surface area contributed by atoms with Crippen molar-refractivity contribution in [1.29, 1.82) is 0 Å². The first kappa shape index (κ1) is 13.6. The van der Waals surface area contributed by atoms with Gasteiger partial charge in [0.15, 0.2) is 5.13 Å². The lowest BCUT2D eigenvalue weighted by Crippen LogP contribution is -2.12. The Kier molecular flexibility index (Phi) is 3.91. The van der Waals surface area contributed by atoms with E-state index in [1.807, 2.05) is 6.92 Å². The van der Waals surface area contributed by atoms with E-state index in [9.17, 15) is 9.59 Å². The van der Waals surface area contributed by atoms with Crippen molar-refractivity contribution >= 4 is 39.7 Å². The maximum atomic E-state index is 11.9. The predicted octanol–water partition coefficient (Wildman–Crippen LogP) is 2.26. The SMILES string of the molecule is COC(=O)c1sc(NC(=O)c2csc(C)n2)nc1C. The molecule has 0 spiro atoms. The molecule has 0 aliphatic heterocycles. The minimum Gasteiger partial charge on any atom is -0.465 e. The number of rotatable bonds is 3. The molecule has 0 saturated heterocycles. The zero-order valence-corrected chi connectivity index (χ0v) is 12.1. The fraction of sp³-hybridized carbons (Fsp3) is 0.273. The van der Waals surface area contributed by atoms with Crippen molar-refractivity contribution in [1.82, 2.24) is 9.97 Å². The zero-order valence-electron chi connectivity index (χ0n) is 10.5. The Bertz CT molecular complexity index is 633. The van der Waals surface area contributed by atoms with Crippen LogP contribution >= 0.6 is 22.7 Å². The smallest absolute Gasteiger partial charge is 0.350 e. The highest BCUT2D eigenvalue weighted by Crippen LogP contribution is 2.23. The molecule has 8 heteroatoms. The first-order valence-corrected chi connectivity index (χ1v) is 7.00. The zero-order chi connectivity index (χ0) is 14.0. The maximum absolute atomic E-state index is 11.9. The van der Waals surface area contributed by atoms with Crippen molar-refractivity contribution in [3.63, 3.8) is 0 Å². The number of esters is 1. The van der Waals surface area contributed by atoms with Crippen molar-refractivity contribution in [3.05, 3.63) is 26.7 Å². The average molecular weight is 297 g/mol. The molecule has 0 aromatic carbocycles. The molecule has 0 unspecified atom stereocenters. The van der Waals surface area contributed by atoms with Crippen molar-refractivity contribution in [2.24, 2.45) is 0 Å². The molecule has 2 aromatic heterocycles. The lowest BCUT2D eigenvalue weighted by Gasteiger charge is -1.96. The minimum atomic E-state index is -0.458. The second kappa shape index (κ2) is 5.45. The number of anilines is 1. The third kappa shape index (κ3) is 2.96. The van der Waals surface area contributed by atoms with E-state index >= 15 is 0 Å². The molecule has 1 N–H and O–H groups in total. The Morgan fingerprint density at radius 2 is 2.05 bits per heavy atom. The van der Waals surface area contributed by atoms with Crippen LogP contribution in [0.3, 0.4) is 0 Å². The van der Waals surface area contributed by atoms with E-state index in [-0.39, 0.29) is 5.91 Å². The number of hydrogen-bond donors (Lipinski definition) is 1. The highest BCUT2D eigenvalue weighted by atomic mass is 32.1. The molecule has 0 radical (unpaired) electrons. The van der Waals surface area contributed by atoms with E-state index in [1.165, 1.54) is 18.4 Å². The van der Waals surface area contributed by atoms with Crippen LogP contribution in [-0.4, -0.2) is 29.0 Å². The number of carbonyl (C=O) groups is 2.